The standard InChI is InChI=1S/C23H36O5/c1-13(24)17-8-10-23(27)18-6-5-15-11-16(28-14(2)25)7-9-21(15,3)19(18)12-20(26)22(17,23)4/h15-20,26-27H,5-12H2,1-4H3/t15-,16-,17+,18+,19-,20+,21-,22-,23-/m0/s1. The highest BCUT2D eigenvalue weighted by Crippen LogP contribution is 2.69. The molecule has 0 aromatic heterocycles. The van der Waals surface area contributed by atoms with Crippen molar-refractivity contribution in [1.82, 2.24) is 0 Å². The lowest BCUT2D eigenvalue weighted by molar-refractivity contribution is -0.246. The molecule has 4 fully saturated rings. The molecule has 0 unspecified atom stereocenters. The lowest BCUT2D eigenvalue weighted by Gasteiger charge is -2.64. The molecule has 28 heavy (non-hydrogen) atoms. The Kier molecular flexibility index (Phi) is 4.74. The van der Waals surface area contributed by atoms with Gasteiger partial charge >= 0.3 is 5.97 Å². The average Bonchev–Trinajstić information content (AvgIpc) is 2.89. The molecule has 0 aliphatic heterocycles. The van der Waals surface area contributed by atoms with E-state index in [9.17, 15) is 19.8 Å². The Morgan fingerprint density at radius 1 is 0.964 bits per heavy atom. The fraction of sp³-hybridized carbons (Fsp3) is 0.913. The summed E-state index contributed by atoms with van der Waals surface area (Å²) < 4.78 is 5.51. The number of carbonyl (C=O) groups is 2. The third-order valence-corrected chi connectivity index (χ3v) is 9.72. The third-order valence-electron chi connectivity index (χ3n) is 9.72. The van der Waals surface area contributed by atoms with E-state index < -0.39 is 17.1 Å². The summed E-state index contributed by atoms with van der Waals surface area (Å²) in [7, 11) is 0. The number of hydrogen-bond donors (Lipinski definition) is 2. The van der Waals surface area contributed by atoms with Gasteiger partial charge in [-0.1, -0.05) is 13.8 Å². The highest BCUT2D eigenvalue weighted by molar-refractivity contribution is 5.80. The topological polar surface area (TPSA) is 83.8 Å². The fourth-order valence-corrected chi connectivity index (χ4v) is 8.16. The molecule has 0 amide bonds. The van der Waals surface area contributed by atoms with E-state index in [1.54, 1.807) is 6.92 Å². The molecule has 0 heterocycles. The van der Waals surface area contributed by atoms with Gasteiger partial charge in [0.2, 0.25) is 0 Å². The predicted molar refractivity (Wildman–Crippen MR) is 104 cm³/mol. The Labute approximate surface area is 168 Å². The molecule has 4 rings (SSSR count). The van der Waals surface area contributed by atoms with Crippen molar-refractivity contribution in [2.75, 3.05) is 0 Å². The van der Waals surface area contributed by atoms with Crippen LogP contribution in [0.5, 0.6) is 0 Å². The van der Waals surface area contributed by atoms with Crippen LogP contribution in [0.25, 0.3) is 0 Å². The van der Waals surface area contributed by atoms with E-state index in [1.807, 2.05) is 6.92 Å². The van der Waals surface area contributed by atoms with Crippen LogP contribution < -0.4 is 0 Å². The molecular weight excluding hydrogens is 356 g/mol. The summed E-state index contributed by atoms with van der Waals surface area (Å²) in [4.78, 5) is 23.7. The number of Topliss-reactive ketones (excluding diaryl/α,β-unsaturated/α-hetero) is 1. The summed E-state index contributed by atoms with van der Waals surface area (Å²) in [6.07, 6.45) is 5.97. The monoisotopic (exact) mass is 392 g/mol. The maximum atomic E-state index is 12.3. The normalized spacial score (nSPS) is 52.9. The van der Waals surface area contributed by atoms with Crippen molar-refractivity contribution < 1.29 is 24.5 Å². The predicted octanol–water partition coefficient (Wildman–Crippen LogP) is 3.25. The van der Waals surface area contributed by atoms with Gasteiger partial charge in [0.15, 0.2) is 0 Å². The van der Waals surface area contributed by atoms with Gasteiger partial charge in [-0.3, -0.25) is 9.59 Å². The summed E-state index contributed by atoms with van der Waals surface area (Å²) in [6, 6.07) is 0. The van der Waals surface area contributed by atoms with Crippen molar-refractivity contribution in [3.05, 3.63) is 0 Å². The first kappa shape index (κ1) is 20.3. The van der Waals surface area contributed by atoms with Gasteiger partial charge in [-0.2, -0.15) is 0 Å². The number of rotatable bonds is 2. The first-order valence-electron chi connectivity index (χ1n) is 11.1. The van der Waals surface area contributed by atoms with Crippen LogP contribution in [0.4, 0.5) is 0 Å². The van der Waals surface area contributed by atoms with Crippen LogP contribution in [-0.2, 0) is 14.3 Å². The minimum Gasteiger partial charge on any atom is -0.463 e. The van der Waals surface area contributed by atoms with E-state index >= 15 is 0 Å². The van der Waals surface area contributed by atoms with Crippen LogP contribution in [0.3, 0.4) is 0 Å². The molecule has 4 saturated carbocycles. The van der Waals surface area contributed by atoms with E-state index in [0.29, 0.717) is 25.2 Å². The van der Waals surface area contributed by atoms with Crippen molar-refractivity contribution in [2.24, 2.45) is 34.5 Å². The van der Waals surface area contributed by atoms with E-state index in [4.69, 9.17) is 4.74 Å². The summed E-state index contributed by atoms with van der Waals surface area (Å²) >= 11 is 0. The van der Waals surface area contributed by atoms with Gasteiger partial charge in [0.25, 0.3) is 0 Å². The van der Waals surface area contributed by atoms with Gasteiger partial charge in [0, 0.05) is 18.3 Å². The molecule has 9 atom stereocenters. The van der Waals surface area contributed by atoms with Gasteiger partial charge in [0.05, 0.1) is 11.7 Å². The van der Waals surface area contributed by atoms with E-state index in [-0.39, 0.29) is 41.0 Å². The summed E-state index contributed by atoms with van der Waals surface area (Å²) in [5.74, 6) is 0.482. The van der Waals surface area contributed by atoms with Gasteiger partial charge in [-0.15, -0.1) is 0 Å². The third kappa shape index (κ3) is 2.57. The van der Waals surface area contributed by atoms with Crippen molar-refractivity contribution in [3.8, 4) is 0 Å². The molecule has 0 bridgehead atoms. The molecule has 0 aromatic rings. The Morgan fingerprint density at radius 3 is 2.32 bits per heavy atom. The first-order chi connectivity index (χ1) is 13.0. The highest BCUT2D eigenvalue weighted by Gasteiger charge is 2.70. The molecule has 4 aliphatic carbocycles. The lowest BCUT2D eigenvalue weighted by Crippen LogP contribution is -2.67. The minimum atomic E-state index is -0.966. The van der Waals surface area contributed by atoms with E-state index in [1.165, 1.54) is 6.92 Å². The van der Waals surface area contributed by atoms with Crippen LogP contribution in [0.2, 0.25) is 0 Å². The molecular formula is C23H36O5. The van der Waals surface area contributed by atoms with E-state index in [0.717, 1.165) is 32.1 Å². The Bertz CT molecular complexity index is 676. The number of aliphatic hydroxyl groups is 2. The first-order valence-corrected chi connectivity index (χ1v) is 11.1. The zero-order chi connectivity index (χ0) is 20.5. The molecule has 4 aliphatic rings. The molecule has 0 aromatic carbocycles. The van der Waals surface area contributed by atoms with Crippen molar-refractivity contribution in [2.45, 2.75) is 96.9 Å². The number of ketones is 1. The molecule has 5 heteroatoms. The summed E-state index contributed by atoms with van der Waals surface area (Å²) in [5.41, 5.74) is -1.66. The molecule has 5 nitrogen and oxygen atoms in total. The maximum absolute atomic E-state index is 12.3. The van der Waals surface area contributed by atoms with Crippen molar-refractivity contribution in [1.29, 1.82) is 0 Å². The quantitative estimate of drug-likeness (QED) is 0.705. The SMILES string of the molecule is CC(=O)O[C@H]1CC[C@@]2(C)[C@@H](CC[C@@H]3[C@@H]2C[C@@H](O)[C@]2(C)[C@@H](C(C)=O)CC[C@]32O)C1. The molecule has 0 spiro atoms. The molecule has 2 N–H and O–H groups in total. The second-order valence-electron chi connectivity index (χ2n) is 10.7. The zero-order valence-corrected chi connectivity index (χ0v) is 17.7. The molecule has 0 saturated heterocycles. The van der Waals surface area contributed by atoms with Crippen molar-refractivity contribution >= 4 is 11.8 Å². The summed E-state index contributed by atoms with van der Waals surface area (Å²) in [6.45, 7) is 7.37. The van der Waals surface area contributed by atoms with Crippen LogP contribution in [0.1, 0.15) is 79.1 Å². The van der Waals surface area contributed by atoms with Gasteiger partial charge < -0.3 is 14.9 Å². The fourth-order valence-electron chi connectivity index (χ4n) is 8.16. The van der Waals surface area contributed by atoms with Crippen molar-refractivity contribution in [3.63, 3.8) is 0 Å². The minimum absolute atomic E-state index is 0.00238. The average molecular weight is 393 g/mol. The Hall–Kier alpha value is -0.940. The number of carbonyl (C=O) groups excluding carboxylic acids is 2. The number of aliphatic hydroxyl groups excluding tert-OH is 1. The Morgan fingerprint density at radius 2 is 1.68 bits per heavy atom. The van der Waals surface area contributed by atoms with Gasteiger partial charge in [-0.25, -0.2) is 0 Å². The van der Waals surface area contributed by atoms with Gasteiger partial charge in [0.1, 0.15) is 11.9 Å². The molecule has 158 valence electrons. The maximum Gasteiger partial charge on any atom is 0.302 e. The second kappa shape index (κ2) is 6.53. The smallest absolute Gasteiger partial charge is 0.302 e. The molecule has 0 radical (unpaired) electrons. The number of fused-ring (bicyclic) bond motifs is 5. The second-order valence-corrected chi connectivity index (χ2v) is 10.7. The lowest BCUT2D eigenvalue weighted by atomic mass is 9.42. The van der Waals surface area contributed by atoms with Crippen LogP contribution in [-0.4, -0.2) is 39.8 Å². The van der Waals surface area contributed by atoms with Gasteiger partial charge in [-0.05, 0) is 81.5 Å². The Balaban J connectivity index is 1.63. The largest absolute Gasteiger partial charge is 0.463 e. The number of esters is 1. The number of ether oxygens (including phenoxy) is 1. The van der Waals surface area contributed by atoms with E-state index in [2.05, 4.69) is 6.92 Å². The van der Waals surface area contributed by atoms with Crippen LogP contribution in [0, 0.1) is 34.5 Å². The zero-order valence-electron chi connectivity index (χ0n) is 17.7. The number of hydrogen-bond acceptors (Lipinski definition) is 5. The van der Waals surface area contributed by atoms with Crippen LogP contribution >= 0.6 is 0 Å². The highest BCUT2D eigenvalue weighted by atomic mass is 16.5. The van der Waals surface area contributed by atoms with Crippen LogP contribution in [0.15, 0.2) is 0 Å². The summed E-state index contributed by atoms with van der Waals surface area (Å²) in [5, 5.41) is 23.2.